The number of benzene rings is 1. The molecule has 6 nitrogen and oxygen atoms in total. The Morgan fingerprint density at radius 1 is 1.38 bits per heavy atom. The summed E-state index contributed by atoms with van der Waals surface area (Å²) in [6.45, 7) is 0. The predicted octanol–water partition coefficient (Wildman–Crippen LogP) is -0.0199. The van der Waals surface area contributed by atoms with Gasteiger partial charge in [0.25, 0.3) is 0 Å². The van der Waals surface area contributed by atoms with Gasteiger partial charge in [-0.3, -0.25) is 14.3 Å². The van der Waals surface area contributed by atoms with E-state index in [1.54, 1.807) is 24.3 Å². The molecule has 0 bridgehead atoms. The second kappa shape index (κ2) is 4.01. The Morgan fingerprint density at radius 3 is 2.56 bits per heavy atom. The maximum Gasteiger partial charge on any atom is 0.438 e. The number of nitrogens with two attached hydrogens (primary N) is 1. The fourth-order valence-electron chi connectivity index (χ4n) is 1.47. The number of carbonyl (C=O) groups excluding carboxylic acids is 1. The van der Waals surface area contributed by atoms with E-state index in [9.17, 15) is 9.59 Å². The van der Waals surface area contributed by atoms with E-state index >= 15 is 0 Å². The molecule has 2 rings (SSSR count). The molecule has 1 unspecified atom stereocenters. The fraction of sp³-hybridized carbons (Fsp3) is 0.100. The molecule has 2 aromatic rings. The van der Waals surface area contributed by atoms with E-state index in [1.807, 2.05) is 6.07 Å². The molecular formula is C10H9N3O3. The van der Waals surface area contributed by atoms with Crippen molar-refractivity contribution < 1.29 is 9.32 Å². The zero-order valence-corrected chi connectivity index (χ0v) is 8.21. The Balaban J connectivity index is 2.47. The highest BCUT2D eigenvalue weighted by atomic mass is 16.5. The van der Waals surface area contributed by atoms with Gasteiger partial charge in [-0.05, 0) is 5.56 Å². The van der Waals surface area contributed by atoms with E-state index in [0.29, 0.717) is 5.56 Å². The number of amides is 1. The van der Waals surface area contributed by atoms with E-state index in [2.05, 4.69) is 14.7 Å². The quantitative estimate of drug-likeness (QED) is 0.757. The van der Waals surface area contributed by atoms with Crippen LogP contribution in [-0.4, -0.2) is 16.0 Å². The molecule has 1 amide bonds. The van der Waals surface area contributed by atoms with Gasteiger partial charge in [-0.25, -0.2) is 4.79 Å². The van der Waals surface area contributed by atoms with Crippen LogP contribution in [0.4, 0.5) is 0 Å². The molecule has 82 valence electrons. The molecular weight excluding hydrogens is 210 g/mol. The summed E-state index contributed by atoms with van der Waals surface area (Å²) in [5.41, 5.74) is 5.92. The number of hydrogen-bond donors (Lipinski definition) is 2. The summed E-state index contributed by atoms with van der Waals surface area (Å²) < 4.78 is 4.35. The molecule has 0 aliphatic carbocycles. The number of primary amides is 1. The molecule has 16 heavy (non-hydrogen) atoms. The Labute approximate surface area is 90.1 Å². The highest BCUT2D eigenvalue weighted by molar-refractivity contribution is 5.84. The van der Waals surface area contributed by atoms with Gasteiger partial charge in [-0.15, -0.1) is 0 Å². The first-order valence-electron chi connectivity index (χ1n) is 4.58. The van der Waals surface area contributed by atoms with Gasteiger partial charge in [-0.2, -0.15) is 0 Å². The number of aromatic amines is 1. The van der Waals surface area contributed by atoms with Crippen molar-refractivity contribution in [3.05, 3.63) is 52.3 Å². The average Bonchev–Trinajstić information content (AvgIpc) is 2.66. The smallest absolute Gasteiger partial charge is 0.369 e. The summed E-state index contributed by atoms with van der Waals surface area (Å²) in [6.07, 6.45) is 0. The maximum atomic E-state index is 11.3. The average molecular weight is 219 g/mol. The van der Waals surface area contributed by atoms with Crippen LogP contribution in [0.25, 0.3) is 0 Å². The van der Waals surface area contributed by atoms with E-state index in [4.69, 9.17) is 5.73 Å². The van der Waals surface area contributed by atoms with Gasteiger partial charge in [0, 0.05) is 0 Å². The Bertz CT molecular complexity index is 544. The maximum absolute atomic E-state index is 11.3. The van der Waals surface area contributed by atoms with Crippen LogP contribution in [0.1, 0.15) is 17.3 Å². The zero-order chi connectivity index (χ0) is 11.5. The van der Waals surface area contributed by atoms with Crippen molar-refractivity contribution in [2.75, 3.05) is 0 Å². The number of aromatic nitrogens is 2. The molecule has 1 atom stereocenters. The lowest BCUT2D eigenvalue weighted by molar-refractivity contribution is -0.118. The molecule has 3 N–H and O–H groups in total. The Hall–Kier alpha value is -2.37. The van der Waals surface area contributed by atoms with Crippen LogP contribution >= 0.6 is 0 Å². The second-order valence-electron chi connectivity index (χ2n) is 3.23. The van der Waals surface area contributed by atoms with Gasteiger partial charge >= 0.3 is 5.76 Å². The highest BCUT2D eigenvalue weighted by Gasteiger charge is 2.24. The third kappa shape index (κ3) is 1.85. The summed E-state index contributed by atoms with van der Waals surface area (Å²) in [5, 5.41) is 3.47. The lowest BCUT2D eigenvalue weighted by atomic mass is 9.98. The van der Waals surface area contributed by atoms with Gasteiger partial charge in [0.05, 0.1) is 0 Å². The third-order valence-corrected chi connectivity index (χ3v) is 2.15. The summed E-state index contributed by atoms with van der Waals surface area (Å²) in [7, 11) is 0. The van der Waals surface area contributed by atoms with Crippen molar-refractivity contribution >= 4 is 5.91 Å². The number of rotatable bonds is 3. The van der Waals surface area contributed by atoms with Crippen molar-refractivity contribution in [3.8, 4) is 0 Å². The lowest BCUT2D eigenvalue weighted by Crippen LogP contribution is -2.23. The minimum Gasteiger partial charge on any atom is -0.369 e. The summed E-state index contributed by atoms with van der Waals surface area (Å²) in [6, 6.07) is 8.80. The number of carbonyl (C=O) groups is 1. The van der Waals surface area contributed by atoms with Crippen LogP contribution in [0.5, 0.6) is 0 Å². The van der Waals surface area contributed by atoms with Crippen LogP contribution in [0.3, 0.4) is 0 Å². The van der Waals surface area contributed by atoms with Crippen LogP contribution in [0.15, 0.2) is 39.6 Å². The van der Waals surface area contributed by atoms with E-state index in [1.165, 1.54) is 0 Å². The SMILES string of the molecule is NC(=O)C(c1ccccc1)c1noc(=O)[nH]1. The summed E-state index contributed by atoms with van der Waals surface area (Å²) >= 11 is 0. The molecule has 0 radical (unpaired) electrons. The molecule has 1 aromatic heterocycles. The number of hydrogen-bond acceptors (Lipinski definition) is 4. The van der Waals surface area contributed by atoms with Crippen molar-refractivity contribution in [1.82, 2.24) is 10.1 Å². The van der Waals surface area contributed by atoms with Crippen LogP contribution in [-0.2, 0) is 4.79 Å². The minimum absolute atomic E-state index is 0.115. The molecule has 0 spiro atoms. The standard InChI is InChI=1S/C10H9N3O3/c11-8(14)7(6-4-2-1-3-5-6)9-12-10(15)16-13-9/h1-5,7H,(H2,11,14)(H,12,13,15). The first kappa shape index (κ1) is 10.2. The van der Waals surface area contributed by atoms with E-state index < -0.39 is 17.6 Å². The van der Waals surface area contributed by atoms with Crippen molar-refractivity contribution in [2.45, 2.75) is 5.92 Å². The van der Waals surface area contributed by atoms with E-state index in [0.717, 1.165) is 0 Å². The molecule has 0 saturated carbocycles. The highest BCUT2D eigenvalue weighted by Crippen LogP contribution is 2.19. The molecule has 1 aromatic carbocycles. The first-order valence-corrected chi connectivity index (χ1v) is 4.58. The molecule has 6 heteroatoms. The summed E-state index contributed by atoms with van der Waals surface area (Å²) in [4.78, 5) is 24.5. The van der Waals surface area contributed by atoms with E-state index in [-0.39, 0.29) is 5.82 Å². The molecule has 0 aliphatic heterocycles. The van der Waals surface area contributed by atoms with Gasteiger partial charge in [-0.1, -0.05) is 35.5 Å². The van der Waals surface area contributed by atoms with Crippen molar-refractivity contribution in [3.63, 3.8) is 0 Å². The monoisotopic (exact) mass is 219 g/mol. The number of nitrogens with zero attached hydrogens (tertiary/aromatic N) is 1. The zero-order valence-electron chi connectivity index (χ0n) is 8.21. The van der Waals surface area contributed by atoms with Gasteiger partial charge in [0.15, 0.2) is 5.82 Å². The van der Waals surface area contributed by atoms with Crippen LogP contribution in [0.2, 0.25) is 0 Å². The van der Waals surface area contributed by atoms with Crippen molar-refractivity contribution in [2.24, 2.45) is 5.73 Å². The second-order valence-corrected chi connectivity index (χ2v) is 3.23. The topological polar surface area (TPSA) is 102 Å². The third-order valence-electron chi connectivity index (χ3n) is 2.15. The lowest BCUT2D eigenvalue weighted by Gasteiger charge is -2.08. The van der Waals surface area contributed by atoms with Gasteiger partial charge < -0.3 is 5.73 Å². The predicted molar refractivity (Wildman–Crippen MR) is 54.6 cm³/mol. The summed E-state index contributed by atoms with van der Waals surface area (Å²) in [5.74, 6) is -2.00. The molecule has 0 saturated heterocycles. The largest absolute Gasteiger partial charge is 0.438 e. The molecule has 0 aliphatic rings. The fourth-order valence-corrected chi connectivity index (χ4v) is 1.47. The van der Waals surface area contributed by atoms with Gasteiger partial charge in [0.1, 0.15) is 5.92 Å². The number of nitrogens with one attached hydrogen (secondary N) is 1. The van der Waals surface area contributed by atoms with Crippen molar-refractivity contribution in [1.29, 1.82) is 0 Å². The Kier molecular flexibility index (Phi) is 2.55. The van der Waals surface area contributed by atoms with Crippen LogP contribution in [0, 0.1) is 0 Å². The number of H-pyrrole nitrogens is 1. The van der Waals surface area contributed by atoms with Crippen LogP contribution < -0.4 is 11.5 Å². The Morgan fingerprint density at radius 2 is 2.06 bits per heavy atom. The first-order chi connectivity index (χ1) is 7.68. The normalized spacial score (nSPS) is 12.2. The van der Waals surface area contributed by atoms with Gasteiger partial charge in [0.2, 0.25) is 5.91 Å². The molecule has 0 fully saturated rings. The molecule has 1 heterocycles. The minimum atomic E-state index is -0.798.